The summed E-state index contributed by atoms with van der Waals surface area (Å²) in [7, 11) is 1.43. The van der Waals surface area contributed by atoms with Gasteiger partial charge in [-0.1, -0.05) is 11.6 Å². The van der Waals surface area contributed by atoms with E-state index in [1.54, 1.807) is 0 Å². The number of carbonyl (C=O) groups excluding carboxylic acids is 2. The number of anilines is 1. The molecule has 0 aliphatic carbocycles. The van der Waals surface area contributed by atoms with Crippen LogP contribution in [0, 0.1) is 0 Å². The number of ether oxygens (including phenoxy) is 1. The molecule has 1 aromatic carbocycles. The molecule has 0 atom stereocenters. The molecule has 0 aliphatic rings. The maximum Gasteiger partial charge on any atom is 0.211 e. The molecule has 74 valence electrons. The number of aldehydes is 1. The van der Waals surface area contributed by atoms with E-state index in [2.05, 4.69) is 5.32 Å². The van der Waals surface area contributed by atoms with Gasteiger partial charge in [0.05, 0.1) is 23.4 Å². The molecule has 1 amide bonds. The van der Waals surface area contributed by atoms with Crippen molar-refractivity contribution < 1.29 is 14.3 Å². The van der Waals surface area contributed by atoms with Crippen LogP contribution in [0.5, 0.6) is 5.75 Å². The summed E-state index contributed by atoms with van der Waals surface area (Å²) in [6.45, 7) is 0. The summed E-state index contributed by atoms with van der Waals surface area (Å²) in [5, 5.41) is 2.69. The van der Waals surface area contributed by atoms with Gasteiger partial charge in [-0.25, -0.2) is 0 Å². The molecule has 0 spiro atoms. The van der Waals surface area contributed by atoms with Crippen molar-refractivity contribution in [1.29, 1.82) is 0 Å². The number of benzene rings is 1. The highest BCUT2D eigenvalue weighted by Crippen LogP contribution is 2.29. The van der Waals surface area contributed by atoms with Gasteiger partial charge in [0, 0.05) is 6.07 Å². The van der Waals surface area contributed by atoms with Gasteiger partial charge in [0.2, 0.25) is 6.41 Å². The van der Waals surface area contributed by atoms with E-state index in [4.69, 9.17) is 16.3 Å². The number of rotatable bonds is 4. The van der Waals surface area contributed by atoms with Gasteiger partial charge in [0.15, 0.2) is 6.29 Å². The van der Waals surface area contributed by atoms with Crippen LogP contribution < -0.4 is 10.1 Å². The number of amides is 1. The molecular formula is C9H8ClNO3. The zero-order valence-corrected chi connectivity index (χ0v) is 8.17. The van der Waals surface area contributed by atoms with Crippen LogP contribution >= 0.6 is 11.6 Å². The Kier molecular flexibility index (Phi) is 3.48. The quantitative estimate of drug-likeness (QED) is 0.775. The zero-order chi connectivity index (χ0) is 10.6. The Bertz CT molecular complexity index is 365. The second-order valence-corrected chi connectivity index (χ2v) is 2.86. The molecule has 0 saturated carbocycles. The number of nitrogens with one attached hydrogen (secondary N) is 1. The van der Waals surface area contributed by atoms with Crippen molar-refractivity contribution in [3.8, 4) is 5.75 Å². The monoisotopic (exact) mass is 213 g/mol. The highest BCUT2D eigenvalue weighted by Gasteiger charge is 2.07. The van der Waals surface area contributed by atoms with Gasteiger partial charge in [0.1, 0.15) is 5.75 Å². The number of hydrogen-bond donors (Lipinski definition) is 1. The summed E-state index contributed by atoms with van der Waals surface area (Å²) in [6, 6.07) is 2.92. The SMILES string of the molecule is COc1cc(NC=O)c(Cl)cc1C=O. The third kappa shape index (κ3) is 2.03. The van der Waals surface area contributed by atoms with Gasteiger partial charge in [-0.05, 0) is 6.07 Å². The first-order valence-electron chi connectivity index (χ1n) is 3.75. The average molecular weight is 214 g/mol. The highest BCUT2D eigenvalue weighted by molar-refractivity contribution is 6.33. The molecule has 0 fully saturated rings. The topological polar surface area (TPSA) is 55.4 Å². The molecule has 1 rings (SSSR count). The first-order valence-corrected chi connectivity index (χ1v) is 4.13. The minimum absolute atomic E-state index is 0.292. The predicted octanol–water partition coefficient (Wildman–Crippen LogP) is 1.73. The van der Waals surface area contributed by atoms with Gasteiger partial charge < -0.3 is 10.1 Å². The summed E-state index contributed by atoms with van der Waals surface area (Å²) in [4.78, 5) is 20.8. The normalized spacial score (nSPS) is 9.29. The molecule has 14 heavy (non-hydrogen) atoms. The molecule has 0 radical (unpaired) electrons. The van der Waals surface area contributed by atoms with E-state index in [-0.39, 0.29) is 0 Å². The molecule has 0 unspecified atom stereocenters. The number of carbonyl (C=O) groups is 2. The number of halogens is 1. The molecule has 0 bridgehead atoms. The second kappa shape index (κ2) is 4.62. The molecular weight excluding hydrogens is 206 g/mol. The van der Waals surface area contributed by atoms with Crippen LogP contribution in [0.15, 0.2) is 12.1 Å². The lowest BCUT2D eigenvalue weighted by molar-refractivity contribution is -0.105. The van der Waals surface area contributed by atoms with E-state index in [1.807, 2.05) is 0 Å². The third-order valence-electron chi connectivity index (χ3n) is 1.66. The van der Waals surface area contributed by atoms with Gasteiger partial charge in [-0.2, -0.15) is 0 Å². The molecule has 0 aliphatic heterocycles. The summed E-state index contributed by atoms with van der Waals surface area (Å²) in [5.74, 6) is 0.369. The lowest BCUT2D eigenvalue weighted by Crippen LogP contribution is -1.98. The van der Waals surface area contributed by atoms with E-state index in [0.717, 1.165) is 0 Å². The summed E-state index contributed by atoms with van der Waals surface area (Å²) in [6.07, 6.45) is 1.14. The Morgan fingerprint density at radius 3 is 2.64 bits per heavy atom. The third-order valence-corrected chi connectivity index (χ3v) is 1.97. The van der Waals surface area contributed by atoms with Crippen LogP contribution in [0.25, 0.3) is 0 Å². The Morgan fingerprint density at radius 1 is 1.43 bits per heavy atom. The molecule has 4 nitrogen and oxygen atoms in total. The number of methoxy groups -OCH3 is 1. The van der Waals surface area contributed by atoms with Crippen LogP contribution in [0.1, 0.15) is 10.4 Å². The molecule has 0 aromatic heterocycles. The Morgan fingerprint density at radius 2 is 2.14 bits per heavy atom. The zero-order valence-electron chi connectivity index (χ0n) is 7.41. The van der Waals surface area contributed by atoms with Crippen LogP contribution in [0.2, 0.25) is 5.02 Å². The first-order chi connectivity index (χ1) is 6.72. The van der Waals surface area contributed by atoms with Gasteiger partial charge in [-0.15, -0.1) is 0 Å². The summed E-state index contributed by atoms with van der Waals surface area (Å²) >= 11 is 5.78. The van der Waals surface area contributed by atoms with E-state index in [0.29, 0.717) is 34.7 Å². The molecule has 0 heterocycles. The smallest absolute Gasteiger partial charge is 0.211 e. The van der Waals surface area contributed by atoms with Crippen molar-refractivity contribution in [3.63, 3.8) is 0 Å². The molecule has 0 saturated heterocycles. The number of hydrogen-bond acceptors (Lipinski definition) is 3. The lowest BCUT2D eigenvalue weighted by Gasteiger charge is -2.07. The standard InChI is InChI=1S/C9H8ClNO3/c1-14-9-3-8(11-5-13)7(10)2-6(9)4-12/h2-5H,1H3,(H,11,13). The fraction of sp³-hybridized carbons (Fsp3) is 0.111. The van der Waals surface area contributed by atoms with E-state index in [9.17, 15) is 9.59 Å². The average Bonchev–Trinajstić information content (AvgIpc) is 2.20. The first kappa shape index (κ1) is 10.5. The van der Waals surface area contributed by atoms with Crippen molar-refractivity contribution in [3.05, 3.63) is 22.7 Å². The van der Waals surface area contributed by atoms with Crippen LogP contribution in [-0.2, 0) is 4.79 Å². The van der Waals surface area contributed by atoms with E-state index >= 15 is 0 Å². The summed E-state index contributed by atoms with van der Waals surface area (Å²) < 4.78 is 4.93. The van der Waals surface area contributed by atoms with Crippen molar-refractivity contribution >= 4 is 30.0 Å². The van der Waals surface area contributed by atoms with Crippen molar-refractivity contribution in [2.75, 3.05) is 12.4 Å². The van der Waals surface area contributed by atoms with E-state index < -0.39 is 0 Å². The molecule has 5 heteroatoms. The maximum absolute atomic E-state index is 10.6. The Balaban J connectivity index is 3.22. The van der Waals surface area contributed by atoms with Gasteiger partial charge in [-0.3, -0.25) is 9.59 Å². The van der Waals surface area contributed by atoms with Crippen molar-refractivity contribution in [1.82, 2.24) is 0 Å². The Hall–Kier alpha value is -1.55. The molecule has 1 N–H and O–H groups in total. The van der Waals surface area contributed by atoms with Crippen molar-refractivity contribution in [2.45, 2.75) is 0 Å². The lowest BCUT2D eigenvalue weighted by atomic mass is 10.2. The second-order valence-electron chi connectivity index (χ2n) is 2.45. The van der Waals surface area contributed by atoms with Crippen molar-refractivity contribution in [2.24, 2.45) is 0 Å². The minimum atomic E-state index is 0.292. The Labute approximate surface area is 85.8 Å². The van der Waals surface area contributed by atoms with E-state index in [1.165, 1.54) is 19.2 Å². The van der Waals surface area contributed by atoms with Crippen LogP contribution in [0.3, 0.4) is 0 Å². The fourth-order valence-corrected chi connectivity index (χ4v) is 1.24. The molecule has 1 aromatic rings. The fourth-order valence-electron chi connectivity index (χ4n) is 1.01. The predicted molar refractivity (Wildman–Crippen MR) is 53.1 cm³/mol. The van der Waals surface area contributed by atoms with Crippen LogP contribution in [0.4, 0.5) is 5.69 Å². The van der Waals surface area contributed by atoms with Gasteiger partial charge >= 0.3 is 0 Å². The largest absolute Gasteiger partial charge is 0.496 e. The minimum Gasteiger partial charge on any atom is -0.496 e. The maximum atomic E-state index is 10.6. The summed E-state index contributed by atoms with van der Waals surface area (Å²) in [5.41, 5.74) is 0.748. The van der Waals surface area contributed by atoms with Gasteiger partial charge in [0.25, 0.3) is 0 Å². The highest BCUT2D eigenvalue weighted by atomic mass is 35.5. The van der Waals surface area contributed by atoms with Crippen LogP contribution in [-0.4, -0.2) is 19.8 Å².